The van der Waals surface area contributed by atoms with Crippen molar-refractivity contribution < 1.29 is 19.7 Å². The second-order valence-corrected chi connectivity index (χ2v) is 4.96. The maximum Gasteiger partial charge on any atom is 0.335 e. The summed E-state index contributed by atoms with van der Waals surface area (Å²) >= 11 is 0. The molecular formula is C14H15NO4. The van der Waals surface area contributed by atoms with Gasteiger partial charge < -0.3 is 14.9 Å². The van der Waals surface area contributed by atoms with Crippen LogP contribution in [0.15, 0.2) is 30.5 Å². The topological polar surface area (TPSA) is 79.7 Å². The van der Waals surface area contributed by atoms with Crippen LogP contribution >= 0.6 is 0 Å². The van der Waals surface area contributed by atoms with Gasteiger partial charge in [-0.3, -0.25) is 4.98 Å². The van der Waals surface area contributed by atoms with E-state index in [1.54, 1.807) is 38.2 Å². The van der Waals surface area contributed by atoms with Crippen LogP contribution in [-0.4, -0.2) is 33.4 Å². The third-order valence-electron chi connectivity index (χ3n) is 2.50. The Balaban J connectivity index is 2.47. The molecule has 1 aromatic heterocycles. The van der Waals surface area contributed by atoms with Gasteiger partial charge in [0.05, 0.1) is 11.2 Å². The van der Waals surface area contributed by atoms with Gasteiger partial charge in [-0.05, 0) is 32.0 Å². The van der Waals surface area contributed by atoms with Crippen LogP contribution in [0.25, 0.3) is 10.9 Å². The fourth-order valence-electron chi connectivity index (χ4n) is 1.65. The zero-order valence-electron chi connectivity index (χ0n) is 10.8. The number of fused-ring (bicyclic) bond motifs is 1. The Labute approximate surface area is 110 Å². The number of aromatic nitrogens is 1. The Morgan fingerprint density at radius 1 is 1.42 bits per heavy atom. The maximum absolute atomic E-state index is 11.1. The van der Waals surface area contributed by atoms with E-state index in [1.807, 2.05) is 0 Å². The molecule has 19 heavy (non-hydrogen) atoms. The van der Waals surface area contributed by atoms with Crippen molar-refractivity contribution in [2.45, 2.75) is 19.4 Å². The smallest absolute Gasteiger partial charge is 0.335 e. The number of hydrogen-bond donors (Lipinski definition) is 2. The van der Waals surface area contributed by atoms with Crippen molar-refractivity contribution >= 4 is 16.9 Å². The highest BCUT2D eigenvalue weighted by molar-refractivity contribution is 5.95. The van der Waals surface area contributed by atoms with Crippen LogP contribution in [0.1, 0.15) is 24.2 Å². The van der Waals surface area contributed by atoms with E-state index in [0.29, 0.717) is 16.7 Å². The van der Waals surface area contributed by atoms with Gasteiger partial charge in [0.25, 0.3) is 0 Å². The van der Waals surface area contributed by atoms with Crippen LogP contribution in [0.2, 0.25) is 0 Å². The lowest BCUT2D eigenvalue weighted by molar-refractivity contribution is 0.0289. The highest BCUT2D eigenvalue weighted by Crippen LogP contribution is 2.26. The molecular weight excluding hydrogens is 246 g/mol. The van der Waals surface area contributed by atoms with Gasteiger partial charge in [-0.15, -0.1) is 0 Å². The number of aliphatic hydroxyl groups is 1. The third kappa shape index (κ3) is 3.20. The average Bonchev–Trinajstić information content (AvgIpc) is 2.34. The molecule has 0 saturated carbocycles. The number of carboxylic acid groups (broad SMARTS) is 1. The second kappa shape index (κ2) is 4.85. The molecule has 0 saturated heterocycles. The number of rotatable bonds is 4. The molecule has 1 aromatic carbocycles. The number of ether oxygens (including phenoxy) is 1. The van der Waals surface area contributed by atoms with Crippen LogP contribution < -0.4 is 4.74 Å². The largest absolute Gasteiger partial charge is 0.488 e. The Morgan fingerprint density at radius 2 is 2.16 bits per heavy atom. The molecule has 0 radical (unpaired) electrons. The van der Waals surface area contributed by atoms with Crippen LogP contribution in [0.3, 0.4) is 0 Å². The molecule has 0 aliphatic rings. The summed E-state index contributed by atoms with van der Waals surface area (Å²) in [5, 5.41) is 19.4. The number of hydrogen-bond acceptors (Lipinski definition) is 4. The van der Waals surface area contributed by atoms with Crippen molar-refractivity contribution in [1.29, 1.82) is 0 Å². The van der Waals surface area contributed by atoms with E-state index in [1.165, 1.54) is 6.07 Å². The van der Waals surface area contributed by atoms with Gasteiger partial charge in [-0.2, -0.15) is 0 Å². The molecule has 0 aliphatic carbocycles. The molecule has 100 valence electrons. The molecule has 0 bridgehead atoms. The maximum atomic E-state index is 11.1. The first-order valence-electron chi connectivity index (χ1n) is 5.84. The summed E-state index contributed by atoms with van der Waals surface area (Å²) in [7, 11) is 0. The van der Waals surface area contributed by atoms with Gasteiger partial charge in [-0.25, -0.2) is 4.79 Å². The summed E-state index contributed by atoms with van der Waals surface area (Å²) < 4.78 is 5.50. The molecule has 2 aromatic rings. The first-order valence-corrected chi connectivity index (χ1v) is 5.84. The van der Waals surface area contributed by atoms with Crippen LogP contribution in [-0.2, 0) is 0 Å². The molecule has 0 amide bonds. The van der Waals surface area contributed by atoms with E-state index in [0.717, 1.165) is 0 Å². The second-order valence-electron chi connectivity index (χ2n) is 4.96. The quantitative estimate of drug-likeness (QED) is 0.880. The van der Waals surface area contributed by atoms with E-state index in [2.05, 4.69) is 4.98 Å². The molecule has 1 heterocycles. The predicted molar refractivity (Wildman–Crippen MR) is 70.5 cm³/mol. The van der Waals surface area contributed by atoms with Crippen molar-refractivity contribution in [3.8, 4) is 5.75 Å². The summed E-state index contributed by atoms with van der Waals surface area (Å²) in [6.45, 7) is 3.29. The Morgan fingerprint density at radius 3 is 2.79 bits per heavy atom. The molecule has 0 atom stereocenters. The molecule has 0 unspecified atom stereocenters. The number of aromatic carboxylic acids is 1. The highest BCUT2D eigenvalue weighted by atomic mass is 16.5. The lowest BCUT2D eigenvalue weighted by Crippen LogP contribution is -2.28. The molecule has 0 fully saturated rings. The standard InChI is InChI=1S/C14H15NO4/c1-14(2,18)8-19-11-7-10(13(16)17)6-9-4-3-5-15-12(9)11/h3-7,18H,8H2,1-2H3,(H,16,17). The van der Waals surface area contributed by atoms with E-state index >= 15 is 0 Å². The van der Waals surface area contributed by atoms with Gasteiger partial charge in [-0.1, -0.05) is 6.07 Å². The Hall–Kier alpha value is -2.14. The number of benzene rings is 1. The minimum atomic E-state index is -1.03. The van der Waals surface area contributed by atoms with Gasteiger partial charge in [0, 0.05) is 11.6 Å². The molecule has 5 nitrogen and oxygen atoms in total. The number of carboxylic acids is 1. The molecule has 0 spiro atoms. The highest BCUT2D eigenvalue weighted by Gasteiger charge is 2.16. The van der Waals surface area contributed by atoms with Crippen LogP contribution in [0.5, 0.6) is 5.75 Å². The van der Waals surface area contributed by atoms with Crippen molar-refractivity contribution in [1.82, 2.24) is 4.98 Å². The fraction of sp³-hybridized carbons (Fsp3) is 0.286. The van der Waals surface area contributed by atoms with Gasteiger partial charge in [0.2, 0.25) is 0 Å². The molecule has 2 rings (SSSR count). The minimum Gasteiger partial charge on any atom is -0.488 e. The lowest BCUT2D eigenvalue weighted by atomic mass is 10.1. The van der Waals surface area contributed by atoms with E-state index < -0.39 is 11.6 Å². The van der Waals surface area contributed by atoms with Crippen molar-refractivity contribution in [2.24, 2.45) is 0 Å². The first kappa shape index (κ1) is 13.3. The normalized spacial score (nSPS) is 11.5. The van der Waals surface area contributed by atoms with Crippen LogP contribution in [0.4, 0.5) is 0 Å². The molecule has 0 aliphatic heterocycles. The number of pyridine rings is 1. The van der Waals surface area contributed by atoms with Gasteiger partial charge in [0.1, 0.15) is 17.9 Å². The molecule has 5 heteroatoms. The van der Waals surface area contributed by atoms with E-state index in [-0.39, 0.29) is 12.2 Å². The summed E-state index contributed by atoms with van der Waals surface area (Å²) in [5.41, 5.74) is -0.289. The zero-order chi connectivity index (χ0) is 14.0. The van der Waals surface area contributed by atoms with Crippen molar-refractivity contribution in [2.75, 3.05) is 6.61 Å². The van der Waals surface area contributed by atoms with Crippen LogP contribution in [0, 0.1) is 0 Å². The zero-order valence-corrected chi connectivity index (χ0v) is 10.8. The van der Waals surface area contributed by atoms with Gasteiger partial charge in [0.15, 0.2) is 0 Å². The Kier molecular flexibility index (Phi) is 3.40. The van der Waals surface area contributed by atoms with Gasteiger partial charge >= 0.3 is 5.97 Å². The summed E-state index contributed by atoms with van der Waals surface area (Å²) in [6, 6.07) is 6.46. The summed E-state index contributed by atoms with van der Waals surface area (Å²) in [4.78, 5) is 15.3. The first-order chi connectivity index (χ1) is 8.87. The van der Waals surface area contributed by atoms with E-state index in [4.69, 9.17) is 9.84 Å². The average molecular weight is 261 g/mol. The third-order valence-corrected chi connectivity index (χ3v) is 2.50. The van der Waals surface area contributed by atoms with Crippen molar-refractivity contribution in [3.63, 3.8) is 0 Å². The predicted octanol–water partition coefficient (Wildman–Crippen LogP) is 2.08. The lowest BCUT2D eigenvalue weighted by Gasteiger charge is -2.18. The minimum absolute atomic E-state index is 0.0573. The van der Waals surface area contributed by atoms with E-state index in [9.17, 15) is 9.90 Å². The summed E-state index contributed by atoms with van der Waals surface area (Å²) in [6.07, 6.45) is 1.61. The van der Waals surface area contributed by atoms with Crippen molar-refractivity contribution in [3.05, 3.63) is 36.0 Å². The number of carbonyl (C=O) groups is 1. The summed E-state index contributed by atoms with van der Waals surface area (Å²) in [5.74, 6) is -0.670. The molecule has 2 N–H and O–H groups in total. The fourth-order valence-corrected chi connectivity index (χ4v) is 1.65. The Bertz CT molecular complexity index is 616. The number of nitrogens with zero attached hydrogens (tertiary/aromatic N) is 1. The monoisotopic (exact) mass is 261 g/mol. The SMILES string of the molecule is CC(C)(O)COc1cc(C(=O)O)cc2cccnc12.